The molecule has 108 valence electrons. The van der Waals surface area contributed by atoms with E-state index in [0.29, 0.717) is 11.3 Å². The molecule has 19 heavy (non-hydrogen) atoms. The van der Waals surface area contributed by atoms with E-state index in [4.69, 9.17) is 4.52 Å². The quantitative estimate of drug-likeness (QED) is 0.465. The molecule has 1 aromatic heterocycles. The summed E-state index contributed by atoms with van der Waals surface area (Å²) in [5, 5.41) is 10.4. The van der Waals surface area contributed by atoms with Gasteiger partial charge in [-0.05, 0) is 25.5 Å². The molecule has 0 bridgehead atoms. The molecule has 1 aliphatic rings. The number of halogens is 1. The van der Waals surface area contributed by atoms with E-state index in [0.717, 1.165) is 18.2 Å². The van der Waals surface area contributed by atoms with Crippen molar-refractivity contribution in [1.29, 1.82) is 0 Å². The fraction of sp³-hybridized carbons (Fsp3) is 0.667. The van der Waals surface area contributed by atoms with Gasteiger partial charge < -0.3 is 15.2 Å². The molecule has 0 radical (unpaired) electrons. The van der Waals surface area contributed by atoms with Crippen LogP contribution >= 0.6 is 35.7 Å². The molecule has 0 amide bonds. The van der Waals surface area contributed by atoms with Crippen molar-refractivity contribution in [2.75, 3.05) is 19.3 Å². The van der Waals surface area contributed by atoms with Crippen molar-refractivity contribution in [3.8, 4) is 0 Å². The lowest BCUT2D eigenvalue weighted by atomic mass is 10.1. The summed E-state index contributed by atoms with van der Waals surface area (Å²) in [4.78, 5) is 4.21. The van der Waals surface area contributed by atoms with Gasteiger partial charge in [0.1, 0.15) is 12.0 Å². The second kappa shape index (κ2) is 7.98. The highest BCUT2D eigenvalue weighted by atomic mass is 127. The number of rotatable bonds is 4. The summed E-state index contributed by atoms with van der Waals surface area (Å²) in [6.07, 6.45) is 4.15. The normalized spacial score (nSPS) is 22.9. The molecule has 1 saturated heterocycles. The summed E-state index contributed by atoms with van der Waals surface area (Å²) < 4.78 is 5.12. The van der Waals surface area contributed by atoms with Crippen LogP contribution in [0.1, 0.15) is 25.5 Å². The van der Waals surface area contributed by atoms with Gasteiger partial charge in [-0.2, -0.15) is 11.8 Å². The van der Waals surface area contributed by atoms with E-state index in [2.05, 4.69) is 27.7 Å². The zero-order chi connectivity index (χ0) is 12.8. The van der Waals surface area contributed by atoms with Crippen LogP contribution in [0.4, 0.5) is 0 Å². The SMILES string of the molecule is CN=C(NCc1ccon1)NCC1(C)CCCS1.I. The second-order valence-corrected chi connectivity index (χ2v) is 6.35. The number of aromatic nitrogens is 1. The van der Waals surface area contributed by atoms with Crippen molar-refractivity contribution in [3.05, 3.63) is 18.0 Å². The molecule has 0 aromatic carbocycles. The molecule has 1 unspecified atom stereocenters. The van der Waals surface area contributed by atoms with E-state index in [-0.39, 0.29) is 24.0 Å². The van der Waals surface area contributed by atoms with E-state index < -0.39 is 0 Å². The van der Waals surface area contributed by atoms with Crippen LogP contribution in [0.15, 0.2) is 21.8 Å². The minimum Gasteiger partial charge on any atom is -0.364 e. The first-order valence-electron chi connectivity index (χ1n) is 6.20. The summed E-state index contributed by atoms with van der Waals surface area (Å²) in [7, 11) is 1.78. The number of aliphatic imine (C=N–C) groups is 1. The lowest BCUT2D eigenvalue weighted by molar-refractivity contribution is 0.410. The van der Waals surface area contributed by atoms with Crippen LogP contribution in [0, 0.1) is 0 Å². The highest BCUT2D eigenvalue weighted by Gasteiger charge is 2.29. The molecule has 2 heterocycles. The largest absolute Gasteiger partial charge is 0.364 e. The monoisotopic (exact) mass is 396 g/mol. The lowest BCUT2D eigenvalue weighted by Crippen LogP contribution is -2.43. The van der Waals surface area contributed by atoms with E-state index in [1.807, 2.05) is 17.8 Å². The standard InChI is InChI=1S/C12H20N4OS.HI/c1-12(5-3-7-18-12)9-15-11(13-2)14-8-10-4-6-17-16-10;/h4,6H,3,5,7-9H2,1-2H3,(H2,13,14,15);1H. The highest BCUT2D eigenvalue weighted by Crippen LogP contribution is 2.36. The van der Waals surface area contributed by atoms with Gasteiger partial charge in [-0.3, -0.25) is 4.99 Å². The van der Waals surface area contributed by atoms with E-state index in [1.165, 1.54) is 18.6 Å². The summed E-state index contributed by atoms with van der Waals surface area (Å²) in [6, 6.07) is 1.84. The predicted octanol–water partition coefficient (Wildman–Crippen LogP) is 2.24. The molecule has 1 aromatic rings. The van der Waals surface area contributed by atoms with Crippen LogP contribution in [-0.2, 0) is 6.54 Å². The molecular weight excluding hydrogens is 375 g/mol. The zero-order valence-electron chi connectivity index (χ0n) is 11.3. The molecule has 7 heteroatoms. The van der Waals surface area contributed by atoms with Crippen LogP contribution < -0.4 is 10.6 Å². The van der Waals surface area contributed by atoms with Crippen molar-refractivity contribution in [3.63, 3.8) is 0 Å². The molecular formula is C12H21IN4OS. The van der Waals surface area contributed by atoms with Gasteiger partial charge in [0.2, 0.25) is 0 Å². The number of hydrogen-bond donors (Lipinski definition) is 2. The van der Waals surface area contributed by atoms with Crippen LogP contribution in [0.3, 0.4) is 0 Å². The number of nitrogens with one attached hydrogen (secondary N) is 2. The van der Waals surface area contributed by atoms with Crippen LogP contribution in [-0.4, -0.2) is 35.2 Å². The van der Waals surface area contributed by atoms with Gasteiger partial charge in [-0.1, -0.05) is 5.16 Å². The first-order chi connectivity index (χ1) is 8.72. The molecule has 0 spiro atoms. The molecule has 1 atom stereocenters. The average Bonchev–Trinajstić information content (AvgIpc) is 3.01. The predicted molar refractivity (Wildman–Crippen MR) is 90.2 cm³/mol. The third-order valence-corrected chi connectivity index (χ3v) is 4.62. The molecule has 2 rings (SSSR count). The van der Waals surface area contributed by atoms with Crippen LogP contribution in [0.25, 0.3) is 0 Å². The minimum atomic E-state index is 0. The fourth-order valence-electron chi connectivity index (χ4n) is 1.97. The first kappa shape index (κ1) is 16.6. The lowest BCUT2D eigenvalue weighted by Gasteiger charge is -2.24. The summed E-state index contributed by atoms with van der Waals surface area (Å²) in [5.41, 5.74) is 0.874. The fourth-order valence-corrected chi connectivity index (χ4v) is 3.21. The van der Waals surface area contributed by atoms with E-state index in [1.54, 1.807) is 13.3 Å². The Balaban J connectivity index is 0.00000180. The maximum absolute atomic E-state index is 4.78. The van der Waals surface area contributed by atoms with E-state index >= 15 is 0 Å². The Morgan fingerprint density at radius 3 is 3.00 bits per heavy atom. The number of hydrogen-bond acceptors (Lipinski definition) is 4. The Bertz CT molecular complexity index is 390. The van der Waals surface area contributed by atoms with E-state index in [9.17, 15) is 0 Å². The minimum absolute atomic E-state index is 0. The Hall–Kier alpha value is -0.440. The molecule has 1 fully saturated rings. The third-order valence-electron chi connectivity index (χ3n) is 3.08. The maximum atomic E-state index is 4.78. The van der Waals surface area contributed by atoms with Gasteiger partial charge in [-0.25, -0.2) is 0 Å². The number of guanidine groups is 1. The molecule has 0 aliphatic carbocycles. The van der Waals surface area contributed by atoms with Crippen molar-refractivity contribution in [1.82, 2.24) is 15.8 Å². The topological polar surface area (TPSA) is 62.5 Å². The molecule has 5 nitrogen and oxygen atoms in total. The maximum Gasteiger partial charge on any atom is 0.191 e. The van der Waals surface area contributed by atoms with Crippen LogP contribution in [0.5, 0.6) is 0 Å². The van der Waals surface area contributed by atoms with Gasteiger partial charge in [0.15, 0.2) is 5.96 Å². The van der Waals surface area contributed by atoms with Crippen molar-refractivity contribution in [2.45, 2.75) is 31.1 Å². The van der Waals surface area contributed by atoms with Crippen molar-refractivity contribution >= 4 is 41.7 Å². The summed E-state index contributed by atoms with van der Waals surface area (Å²) in [5.74, 6) is 2.08. The highest BCUT2D eigenvalue weighted by molar-refractivity contribution is 14.0. The summed E-state index contributed by atoms with van der Waals surface area (Å²) in [6.45, 7) is 3.87. The van der Waals surface area contributed by atoms with Crippen molar-refractivity contribution in [2.24, 2.45) is 4.99 Å². The second-order valence-electron chi connectivity index (χ2n) is 4.67. The molecule has 2 N–H and O–H groups in total. The van der Waals surface area contributed by atoms with Gasteiger partial charge in [-0.15, -0.1) is 24.0 Å². The number of thioether (sulfide) groups is 1. The van der Waals surface area contributed by atoms with Crippen LogP contribution in [0.2, 0.25) is 0 Å². The Labute approximate surface area is 135 Å². The van der Waals surface area contributed by atoms with Gasteiger partial charge in [0, 0.05) is 24.4 Å². The van der Waals surface area contributed by atoms with Crippen molar-refractivity contribution < 1.29 is 4.52 Å². The molecule has 0 saturated carbocycles. The van der Waals surface area contributed by atoms with Gasteiger partial charge in [0.05, 0.1) is 6.54 Å². The first-order valence-corrected chi connectivity index (χ1v) is 7.18. The Kier molecular flexibility index (Phi) is 6.98. The number of nitrogens with zero attached hydrogens (tertiary/aromatic N) is 2. The zero-order valence-corrected chi connectivity index (χ0v) is 14.5. The Morgan fingerprint density at radius 2 is 2.42 bits per heavy atom. The summed E-state index contributed by atoms with van der Waals surface area (Å²) >= 11 is 2.04. The van der Waals surface area contributed by atoms with Gasteiger partial charge in [0.25, 0.3) is 0 Å². The smallest absolute Gasteiger partial charge is 0.191 e. The Morgan fingerprint density at radius 1 is 1.58 bits per heavy atom. The third kappa shape index (κ3) is 5.21. The molecule has 1 aliphatic heterocycles. The average molecular weight is 396 g/mol. The van der Waals surface area contributed by atoms with Gasteiger partial charge >= 0.3 is 0 Å².